The van der Waals surface area contributed by atoms with Crippen molar-refractivity contribution in [3.8, 4) is 44.5 Å². The molecule has 0 amide bonds. The molecule has 0 unspecified atom stereocenters. The first kappa shape index (κ1) is 32.6. The lowest BCUT2D eigenvalue weighted by atomic mass is 9.83. The van der Waals surface area contributed by atoms with E-state index in [1.54, 1.807) is 11.3 Å². The maximum Gasteiger partial charge on any atom is 0.0434 e. The molecular formula is C52H36S2. The van der Waals surface area contributed by atoms with Crippen LogP contribution in [0.3, 0.4) is 0 Å². The summed E-state index contributed by atoms with van der Waals surface area (Å²) in [6.07, 6.45) is 6.21. The van der Waals surface area contributed by atoms with Crippen molar-refractivity contribution in [2.45, 2.75) is 13.8 Å². The zero-order valence-electron chi connectivity index (χ0n) is 30.2. The summed E-state index contributed by atoms with van der Waals surface area (Å²) in [6.45, 7) is 8.56. The Balaban J connectivity index is 1.30. The molecule has 2 heteroatoms. The molecule has 2 heterocycles. The summed E-state index contributed by atoms with van der Waals surface area (Å²) in [5, 5.41) is 14.8. The fraction of sp³-hybridized carbons (Fsp3) is 0.0385. The van der Waals surface area contributed by atoms with Crippen molar-refractivity contribution in [2.75, 3.05) is 0 Å². The summed E-state index contributed by atoms with van der Waals surface area (Å²) >= 11 is 3.69. The van der Waals surface area contributed by atoms with Gasteiger partial charge in [-0.05, 0) is 119 Å². The van der Waals surface area contributed by atoms with Crippen LogP contribution in [0.1, 0.15) is 16.7 Å². The molecule has 0 spiro atoms. The number of hydrogen-bond acceptors (Lipinski definition) is 2. The summed E-state index contributed by atoms with van der Waals surface area (Å²) < 4.78 is 2.62. The quantitative estimate of drug-likeness (QED) is 0.118. The number of fused-ring (bicyclic) bond motifs is 6. The topological polar surface area (TPSA) is 0 Å². The molecule has 0 N–H and O–H groups in total. The molecule has 256 valence electrons. The Morgan fingerprint density at radius 1 is 0.481 bits per heavy atom. The van der Waals surface area contributed by atoms with Crippen molar-refractivity contribution in [3.05, 3.63) is 186 Å². The molecule has 0 nitrogen and oxygen atoms in total. The molecular weight excluding hydrogens is 689 g/mol. The molecule has 0 radical (unpaired) electrons. The van der Waals surface area contributed by atoms with Crippen molar-refractivity contribution < 1.29 is 0 Å². The van der Waals surface area contributed by atoms with E-state index >= 15 is 0 Å². The third-order valence-corrected chi connectivity index (χ3v) is 13.2. The lowest BCUT2D eigenvalue weighted by Gasteiger charge is -2.20. The van der Waals surface area contributed by atoms with E-state index in [1.807, 2.05) is 17.4 Å². The third-order valence-electron chi connectivity index (χ3n) is 11.1. The third kappa shape index (κ3) is 4.95. The largest absolute Gasteiger partial charge is 0.151 e. The SMILES string of the molecule is C=C/C=C\c1c(C)c(-c2cccc3c2sc2cccc(-c4c5ccccc5c(-c5ccccc5)c5ccccc45)c23)c2ccccc2c1-c1cscc1C. The van der Waals surface area contributed by atoms with Gasteiger partial charge in [0.15, 0.2) is 0 Å². The summed E-state index contributed by atoms with van der Waals surface area (Å²) in [4.78, 5) is 0. The maximum absolute atomic E-state index is 4.03. The van der Waals surface area contributed by atoms with Crippen molar-refractivity contribution in [1.29, 1.82) is 0 Å². The van der Waals surface area contributed by atoms with Crippen molar-refractivity contribution in [3.63, 3.8) is 0 Å². The Bertz CT molecular complexity index is 3080. The van der Waals surface area contributed by atoms with Crippen LogP contribution < -0.4 is 0 Å². The molecule has 0 atom stereocenters. The van der Waals surface area contributed by atoms with Crippen molar-refractivity contribution in [2.24, 2.45) is 0 Å². The molecule has 54 heavy (non-hydrogen) atoms. The van der Waals surface area contributed by atoms with Gasteiger partial charge in [-0.2, -0.15) is 11.3 Å². The second-order valence-corrected chi connectivity index (χ2v) is 15.9. The lowest BCUT2D eigenvalue weighted by Crippen LogP contribution is -1.96. The van der Waals surface area contributed by atoms with Gasteiger partial charge in [0.2, 0.25) is 0 Å². The van der Waals surface area contributed by atoms with Gasteiger partial charge in [-0.15, -0.1) is 11.3 Å². The van der Waals surface area contributed by atoms with Gasteiger partial charge in [0, 0.05) is 25.7 Å². The molecule has 10 aromatic rings. The van der Waals surface area contributed by atoms with Crippen molar-refractivity contribution in [1.82, 2.24) is 0 Å². The molecule has 0 saturated carbocycles. The van der Waals surface area contributed by atoms with E-state index < -0.39 is 0 Å². The summed E-state index contributed by atoms with van der Waals surface area (Å²) in [6, 6.07) is 51.6. The number of benzene rings is 8. The highest BCUT2D eigenvalue weighted by molar-refractivity contribution is 7.26. The monoisotopic (exact) mass is 724 g/mol. The molecule has 0 aliphatic carbocycles. The summed E-state index contributed by atoms with van der Waals surface area (Å²) in [5.41, 5.74) is 14.1. The summed E-state index contributed by atoms with van der Waals surface area (Å²) in [7, 11) is 0. The van der Waals surface area contributed by atoms with E-state index in [2.05, 4.69) is 183 Å². The van der Waals surface area contributed by atoms with Crippen LogP contribution in [0.25, 0.3) is 103 Å². The highest BCUT2D eigenvalue weighted by Crippen LogP contribution is 2.51. The predicted octanol–water partition coefficient (Wildman–Crippen LogP) is 16.1. The number of rotatable bonds is 6. The molecule has 0 aliphatic rings. The Kier molecular flexibility index (Phi) is 7.91. The summed E-state index contributed by atoms with van der Waals surface area (Å²) in [5.74, 6) is 0. The Hall–Kier alpha value is -6.06. The molecule has 2 aromatic heterocycles. The van der Waals surface area contributed by atoms with Gasteiger partial charge in [-0.25, -0.2) is 0 Å². The first-order chi connectivity index (χ1) is 26.6. The van der Waals surface area contributed by atoms with E-state index in [-0.39, 0.29) is 0 Å². The minimum Gasteiger partial charge on any atom is -0.151 e. The fourth-order valence-electron chi connectivity index (χ4n) is 8.80. The highest BCUT2D eigenvalue weighted by Gasteiger charge is 2.23. The normalized spacial score (nSPS) is 11.9. The van der Waals surface area contributed by atoms with E-state index in [0.29, 0.717) is 0 Å². The second kappa shape index (κ2) is 13.1. The minimum absolute atomic E-state index is 1.24. The zero-order valence-corrected chi connectivity index (χ0v) is 31.8. The fourth-order valence-corrected chi connectivity index (χ4v) is 10.9. The molecule has 0 saturated heterocycles. The van der Waals surface area contributed by atoms with Gasteiger partial charge >= 0.3 is 0 Å². The van der Waals surface area contributed by atoms with Gasteiger partial charge in [-0.3, -0.25) is 0 Å². The minimum atomic E-state index is 1.24. The van der Waals surface area contributed by atoms with Crippen LogP contribution in [0.15, 0.2) is 169 Å². The Morgan fingerprint density at radius 3 is 1.67 bits per heavy atom. The smallest absolute Gasteiger partial charge is 0.0434 e. The van der Waals surface area contributed by atoms with Gasteiger partial charge in [-0.1, -0.05) is 158 Å². The van der Waals surface area contributed by atoms with E-state index in [4.69, 9.17) is 0 Å². The van der Waals surface area contributed by atoms with Crippen LogP contribution in [-0.4, -0.2) is 0 Å². The van der Waals surface area contributed by atoms with Crippen LogP contribution in [0.4, 0.5) is 0 Å². The number of thiophene rings is 2. The van der Waals surface area contributed by atoms with Crippen LogP contribution in [-0.2, 0) is 0 Å². The average Bonchev–Trinajstić information content (AvgIpc) is 3.82. The Morgan fingerprint density at radius 2 is 1.04 bits per heavy atom. The number of aryl methyl sites for hydroxylation is 1. The van der Waals surface area contributed by atoms with Gasteiger partial charge < -0.3 is 0 Å². The zero-order chi connectivity index (χ0) is 36.3. The maximum atomic E-state index is 4.03. The molecule has 0 aliphatic heterocycles. The molecule has 8 aromatic carbocycles. The van der Waals surface area contributed by atoms with E-state index in [9.17, 15) is 0 Å². The van der Waals surface area contributed by atoms with Crippen LogP contribution >= 0.6 is 22.7 Å². The standard InChI is InChI=1S/C52H36S2/c1-4-5-19-35-33(3)47(36-20-9-12-23-39(36)49(35)45-31-53-30-32(45)2)43-27-15-28-44-51-42(26-16-29-46(51)54-52(43)44)50-40-24-13-10-21-37(40)48(34-17-7-6-8-18-34)38-22-11-14-25-41(38)50/h4-31H,1H2,2-3H3/b19-5-. The van der Waals surface area contributed by atoms with Crippen LogP contribution in [0.2, 0.25) is 0 Å². The predicted molar refractivity (Wildman–Crippen MR) is 240 cm³/mol. The van der Waals surface area contributed by atoms with E-state index in [0.717, 1.165) is 0 Å². The average molecular weight is 725 g/mol. The molecule has 0 fully saturated rings. The number of allylic oxidation sites excluding steroid dienone is 2. The van der Waals surface area contributed by atoms with Crippen molar-refractivity contribution >= 4 is 81.2 Å². The first-order valence-electron chi connectivity index (χ1n) is 18.5. The molecule has 0 bridgehead atoms. The van der Waals surface area contributed by atoms with E-state index in [1.165, 1.54) is 114 Å². The van der Waals surface area contributed by atoms with Crippen LogP contribution in [0.5, 0.6) is 0 Å². The van der Waals surface area contributed by atoms with Gasteiger partial charge in [0.1, 0.15) is 0 Å². The second-order valence-electron chi connectivity index (χ2n) is 14.1. The lowest BCUT2D eigenvalue weighted by molar-refractivity contribution is 1.45. The molecule has 10 rings (SSSR count). The van der Waals surface area contributed by atoms with Gasteiger partial charge in [0.25, 0.3) is 0 Å². The highest BCUT2D eigenvalue weighted by atomic mass is 32.1. The number of hydrogen-bond donors (Lipinski definition) is 0. The first-order valence-corrected chi connectivity index (χ1v) is 20.2. The van der Waals surface area contributed by atoms with Gasteiger partial charge in [0.05, 0.1) is 0 Å². The Labute approximate surface area is 323 Å². The van der Waals surface area contributed by atoms with Crippen LogP contribution in [0, 0.1) is 13.8 Å².